The summed E-state index contributed by atoms with van der Waals surface area (Å²) in [5.41, 5.74) is 4.36. The highest BCUT2D eigenvalue weighted by Crippen LogP contribution is 2.64. The smallest absolute Gasteiger partial charge is 0.329 e. The van der Waals surface area contributed by atoms with Crippen molar-refractivity contribution in [3.05, 3.63) is 39.4 Å². The summed E-state index contributed by atoms with van der Waals surface area (Å²) in [4.78, 5) is 44.1. The SMILES string of the molecule is CCCCCCCC(=O)NC1CS[C@@H]2c3c(OC(C)=O)c(C)c4c(c3[C@H](COC1=O)N1C2[C@H]2c3c(cc(C)c(OC)c3O)C[C@@H]([C@@H]1C#N)N2C)OCO4. The van der Waals surface area contributed by atoms with Gasteiger partial charge in [0.25, 0.3) is 0 Å². The molecular weight excluding hydrogens is 701 g/mol. The molecule has 14 heteroatoms. The molecule has 2 N–H and O–H groups in total. The van der Waals surface area contributed by atoms with Gasteiger partial charge in [0.15, 0.2) is 23.0 Å². The van der Waals surface area contributed by atoms with Gasteiger partial charge in [0.2, 0.25) is 12.7 Å². The van der Waals surface area contributed by atoms with Gasteiger partial charge in [0.05, 0.1) is 30.5 Å². The number of hydrogen-bond donors (Lipinski definition) is 2. The molecule has 0 saturated carbocycles. The Morgan fingerprint density at radius 2 is 1.85 bits per heavy atom. The number of carbonyl (C=O) groups is 3. The lowest BCUT2D eigenvalue weighted by Crippen LogP contribution is -2.69. The summed E-state index contributed by atoms with van der Waals surface area (Å²) in [5.74, 6) is 0.507. The maximum Gasteiger partial charge on any atom is 0.329 e. The minimum Gasteiger partial charge on any atom is -0.504 e. The third-order valence-electron chi connectivity index (χ3n) is 11.5. The third kappa shape index (κ3) is 6.24. The van der Waals surface area contributed by atoms with Crippen molar-refractivity contribution in [2.45, 2.75) is 114 Å². The highest BCUT2D eigenvalue weighted by Gasteiger charge is 2.60. The lowest BCUT2D eigenvalue weighted by Gasteiger charge is -2.61. The van der Waals surface area contributed by atoms with E-state index in [-0.39, 0.29) is 36.9 Å². The predicted molar refractivity (Wildman–Crippen MR) is 195 cm³/mol. The molecule has 6 aliphatic heterocycles. The van der Waals surface area contributed by atoms with Crippen molar-refractivity contribution in [3.63, 3.8) is 0 Å². The first-order chi connectivity index (χ1) is 25.5. The van der Waals surface area contributed by atoms with Crippen LogP contribution in [0.5, 0.6) is 28.7 Å². The Morgan fingerprint density at radius 3 is 2.57 bits per heavy atom. The van der Waals surface area contributed by atoms with E-state index in [1.807, 2.05) is 27.0 Å². The van der Waals surface area contributed by atoms with Gasteiger partial charge in [-0.05, 0) is 44.9 Å². The van der Waals surface area contributed by atoms with E-state index in [4.69, 9.17) is 23.7 Å². The van der Waals surface area contributed by atoms with E-state index >= 15 is 0 Å². The molecule has 2 fully saturated rings. The predicted octanol–water partition coefficient (Wildman–Crippen LogP) is 5.08. The van der Waals surface area contributed by atoms with Crippen LogP contribution in [-0.2, 0) is 25.5 Å². The topological polar surface area (TPSA) is 160 Å². The number of rotatable bonds is 9. The van der Waals surface area contributed by atoms with Crippen molar-refractivity contribution >= 4 is 29.6 Å². The number of fused-ring (bicyclic) bond motifs is 10. The van der Waals surface area contributed by atoms with Gasteiger partial charge in [0, 0.05) is 53.4 Å². The Labute approximate surface area is 314 Å². The Balaban J connectivity index is 1.40. The van der Waals surface area contributed by atoms with Crippen LogP contribution in [0.15, 0.2) is 6.07 Å². The number of nitriles is 1. The average molecular weight is 749 g/mol. The number of likely N-dealkylation sites (N-methyl/N-ethyl adjacent to an activating group) is 1. The van der Waals surface area contributed by atoms with Crippen LogP contribution >= 0.6 is 11.8 Å². The molecule has 6 heterocycles. The molecule has 8 rings (SSSR count). The van der Waals surface area contributed by atoms with Gasteiger partial charge in [-0.1, -0.05) is 38.7 Å². The number of unbranched alkanes of at least 4 members (excludes halogenated alkanes) is 4. The number of thioether (sulfide) groups is 1. The molecule has 284 valence electrons. The monoisotopic (exact) mass is 748 g/mol. The zero-order valence-electron chi connectivity index (χ0n) is 31.2. The highest BCUT2D eigenvalue weighted by atomic mass is 32.2. The van der Waals surface area contributed by atoms with Crippen molar-refractivity contribution in [3.8, 4) is 34.8 Å². The molecule has 2 saturated heterocycles. The van der Waals surface area contributed by atoms with Crippen LogP contribution in [0.1, 0.15) is 103 Å². The molecule has 53 heavy (non-hydrogen) atoms. The second-order valence-electron chi connectivity index (χ2n) is 14.7. The van der Waals surface area contributed by atoms with Gasteiger partial charge in [-0.2, -0.15) is 5.26 Å². The summed E-state index contributed by atoms with van der Waals surface area (Å²) in [6.45, 7) is 6.98. The molecule has 0 aliphatic carbocycles. The van der Waals surface area contributed by atoms with Crippen LogP contribution in [0.3, 0.4) is 0 Å². The molecule has 2 aromatic carbocycles. The van der Waals surface area contributed by atoms with E-state index in [2.05, 4.69) is 28.1 Å². The molecule has 2 unspecified atom stereocenters. The zero-order chi connectivity index (χ0) is 37.7. The molecular formula is C39H48N4O9S. The minimum absolute atomic E-state index is 0.0453. The van der Waals surface area contributed by atoms with E-state index < -0.39 is 47.4 Å². The maximum absolute atomic E-state index is 13.8. The van der Waals surface area contributed by atoms with Crippen LogP contribution in [0.4, 0.5) is 0 Å². The summed E-state index contributed by atoms with van der Waals surface area (Å²) < 4.78 is 30.0. The molecule has 4 bridgehead atoms. The largest absolute Gasteiger partial charge is 0.504 e. The first kappa shape index (κ1) is 37.1. The Hall–Kier alpha value is -4.19. The van der Waals surface area contributed by atoms with Crippen LogP contribution < -0.4 is 24.3 Å². The van der Waals surface area contributed by atoms with Crippen LogP contribution in [0.2, 0.25) is 0 Å². The Kier molecular flexibility index (Phi) is 10.5. The number of nitrogens with zero attached hydrogens (tertiary/aromatic N) is 3. The van der Waals surface area contributed by atoms with Crippen molar-refractivity contribution in [2.24, 2.45) is 0 Å². The number of carbonyl (C=O) groups excluding carboxylic acids is 3. The molecule has 6 aliphatic rings. The molecule has 7 atom stereocenters. The number of phenols is 1. The molecule has 0 spiro atoms. The van der Waals surface area contributed by atoms with E-state index in [0.717, 1.165) is 43.2 Å². The first-order valence-electron chi connectivity index (χ1n) is 18.5. The summed E-state index contributed by atoms with van der Waals surface area (Å²) >= 11 is 1.43. The van der Waals surface area contributed by atoms with E-state index in [9.17, 15) is 24.8 Å². The van der Waals surface area contributed by atoms with E-state index in [1.165, 1.54) is 25.8 Å². The van der Waals surface area contributed by atoms with Crippen molar-refractivity contribution in [2.75, 3.05) is 33.3 Å². The number of piperazine rings is 1. The summed E-state index contributed by atoms with van der Waals surface area (Å²) in [6, 6.07) is 1.06. The van der Waals surface area contributed by atoms with Gasteiger partial charge >= 0.3 is 11.9 Å². The number of aromatic hydroxyl groups is 1. The van der Waals surface area contributed by atoms with Gasteiger partial charge in [-0.3, -0.25) is 19.4 Å². The molecule has 13 nitrogen and oxygen atoms in total. The second kappa shape index (κ2) is 14.9. The maximum atomic E-state index is 13.8. The van der Waals surface area contributed by atoms with Crippen molar-refractivity contribution in [1.29, 1.82) is 5.26 Å². The second-order valence-corrected chi connectivity index (χ2v) is 15.8. The number of aryl methyl sites for hydroxylation is 1. The fourth-order valence-electron chi connectivity index (χ4n) is 9.22. The Morgan fingerprint density at radius 1 is 1.09 bits per heavy atom. The molecule has 0 radical (unpaired) electrons. The van der Waals surface area contributed by atoms with Crippen LogP contribution in [0, 0.1) is 25.2 Å². The zero-order valence-corrected chi connectivity index (χ0v) is 32.0. The number of ether oxygens (including phenoxy) is 5. The van der Waals surface area contributed by atoms with Gasteiger partial charge in [0.1, 0.15) is 24.4 Å². The standard InChI is InChI=1S/C39H48N4O9S/c1-7-8-9-10-11-12-27(45)41-23-17-53-38-30-29(37-36(50-18-51-37)20(3)35(30)52-21(4)44)26(16-49-39(23)47)43-25(15-40)24-14-22-13-19(2)34(48-6)33(46)28(22)31(32(38)43)42(24)5/h13,23-26,31-32,38,46H,7-12,14,16-18H2,1-6H3,(H,41,45)/t23?,24-,25-,26-,31+,32?,38+/m0/s1. The number of benzene rings is 2. The van der Waals surface area contributed by atoms with Crippen molar-refractivity contribution < 1.29 is 43.2 Å². The summed E-state index contributed by atoms with van der Waals surface area (Å²) in [7, 11) is 3.51. The lowest BCUT2D eigenvalue weighted by molar-refractivity contribution is -0.152. The third-order valence-corrected chi connectivity index (χ3v) is 12.9. The fourth-order valence-corrected chi connectivity index (χ4v) is 10.7. The normalized spacial score (nSPS) is 27.1. The number of amides is 1. The molecule has 2 aromatic rings. The van der Waals surface area contributed by atoms with Gasteiger partial charge in [-0.25, -0.2) is 4.79 Å². The molecule has 0 aromatic heterocycles. The fraction of sp³-hybridized carbons (Fsp3) is 0.590. The number of nitrogens with one attached hydrogen (secondary N) is 1. The summed E-state index contributed by atoms with van der Waals surface area (Å²) in [6.07, 6.45) is 5.73. The molecule has 1 amide bonds. The number of phenolic OH excluding ortho intramolecular Hbond substituents is 1. The Bertz CT molecular complexity index is 1860. The van der Waals surface area contributed by atoms with Crippen LogP contribution in [-0.4, -0.2) is 90.2 Å². The average Bonchev–Trinajstić information content (AvgIpc) is 3.61. The van der Waals surface area contributed by atoms with Crippen LogP contribution in [0.25, 0.3) is 0 Å². The number of methoxy groups -OCH3 is 1. The number of hydrogen-bond acceptors (Lipinski definition) is 13. The minimum atomic E-state index is -0.942. The van der Waals surface area contributed by atoms with E-state index in [0.29, 0.717) is 58.1 Å². The summed E-state index contributed by atoms with van der Waals surface area (Å²) in [5, 5.41) is 25.3. The first-order valence-corrected chi connectivity index (χ1v) is 19.6. The van der Waals surface area contributed by atoms with E-state index in [1.54, 1.807) is 0 Å². The lowest BCUT2D eigenvalue weighted by atomic mass is 9.71. The number of esters is 2. The van der Waals surface area contributed by atoms with Crippen molar-refractivity contribution in [1.82, 2.24) is 15.1 Å². The highest BCUT2D eigenvalue weighted by molar-refractivity contribution is 7.99. The van der Waals surface area contributed by atoms with Gasteiger partial charge in [-0.15, -0.1) is 11.8 Å². The quantitative estimate of drug-likeness (QED) is 0.199. The van der Waals surface area contributed by atoms with Gasteiger partial charge < -0.3 is 34.1 Å².